The Morgan fingerprint density at radius 3 is 2.67 bits per heavy atom. The summed E-state index contributed by atoms with van der Waals surface area (Å²) in [5.74, 6) is -0.236. The van der Waals surface area contributed by atoms with Gasteiger partial charge in [0.1, 0.15) is 5.69 Å². The van der Waals surface area contributed by atoms with Crippen LogP contribution in [-0.4, -0.2) is 43.0 Å². The average Bonchev–Trinajstić information content (AvgIpc) is 2.54. The summed E-state index contributed by atoms with van der Waals surface area (Å²) < 4.78 is 0. The second-order valence-corrected chi connectivity index (χ2v) is 6.37. The van der Waals surface area contributed by atoms with E-state index < -0.39 is 0 Å². The number of halogens is 1. The second-order valence-electron chi connectivity index (χ2n) is 5.93. The molecule has 0 saturated carbocycles. The molecule has 24 heavy (non-hydrogen) atoms. The molecule has 128 valence electrons. The minimum atomic E-state index is -0.236. The zero-order valence-electron chi connectivity index (χ0n) is 14.3. The topological polar surface area (TPSA) is 57.3 Å². The highest BCUT2D eigenvalue weighted by Crippen LogP contribution is 2.20. The summed E-state index contributed by atoms with van der Waals surface area (Å²) in [6, 6.07) is 8.93. The van der Waals surface area contributed by atoms with Crippen molar-refractivity contribution in [1.82, 2.24) is 9.88 Å². The van der Waals surface area contributed by atoms with Crippen molar-refractivity contribution in [3.8, 4) is 0 Å². The van der Waals surface area contributed by atoms with Gasteiger partial charge in [-0.3, -0.25) is 4.79 Å². The molecule has 0 aliphatic heterocycles. The lowest BCUT2D eigenvalue weighted by molar-refractivity contribution is 0.102. The molecule has 2 aromatic rings. The molecule has 0 atom stereocenters. The fourth-order valence-corrected chi connectivity index (χ4v) is 2.44. The standard InChI is InChI=1S/C18H23ClN4O/c1-13-11-14(19)5-7-16(13)22-18(24)17-8-6-15(12-21-17)20-9-4-10-23(2)3/h5-8,11-12,20H,4,9-10H2,1-3H3,(H,22,24). The monoisotopic (exact) mass is 346 g/mol. The second kappa shape index (κ2) is 8.66. The van der Waals surface area contributed by atoms with Gasteiger partial charge in [-0.2, -0.15) is 0 Å². The van der Waals surface area contributed by atoms with Crippen LogP contribution in [0.15, 0.2) is 36.5 Å². The lowest BCUT2D eigenvalue weighted by Gasteiger charge is -2.11. The Morgan fingerprint density at radius 1 is 1.25 bits per heavy atom. The summed E-state index contributed by atoms with van der Waals surface area (Å²) in [6.07, 6.45) is 2.73. The maximum absolute atomic E-state index is 12.3. The number of rotatable bonds is 7. The predicted molar refractivity (Wildman–Crippen MR) is 100 cm³/mol. The Morgan fingerprint density at radius 2 is 2.04 bits per heavy atom. The maximum atomic E-state index is 12.3. The summed E-state index contributed by atoms with van der Waals surface area (Å²) >= 11 is 5.92. The number of nitrogens with zero attached hydrogens (tertiary/aromatic N) is 2. The number of pyridine rings is 1. The van der Waals surface area contributed by atoms with Gasteiger partial charge >= 0.3 is 0 Å². The molecule has 0 saturated heterocycles. The smallest absolute Gasteiger partial charge is 0.274 e. The van der Waals surface area contributed by atoms with E-state index in [-0.39, 0.29) is 5.91 Å². The Bertz CT molecular complexity index is 686. The molecule has 0 spiro atoms. The minimum absolute atomic E-state index is 0.236. The highest BCUT2D eigenvalue weighted by Gasteiger charge is 2.09. The summed E-state index contributed by atoms with van der Waals surface area (Å²) in [5.41, 5.74) is 2.93. The van der Waals surface area contributed by atoms with Gasteiger partial charge in [0, 0.05) is 17.3 Å². The average molecular weight is 347 g/mol. The number of hydrogen-bond acceptors (Lipinski definition) is 4. The molecule has 1 heterocycles. The van der Waals surface area contributed by atoms with E-state index in [1.54, 1.807) is 24.4 Å². The molecule has 1 amide bonds. The first-order chi connectivity index (χ1) is 11.5. The molecule has 0 fully saturated rings. The largest absolute Gasteiger partial charge is 0.384 e. The van der Waals surface area contributed by atoms with Gasteiger partial charge in [0.25, 0.3) is 5.91 Å². The van der Waals surface area contributed by atoms with Gasteiger partial charge in [0.05, 0.1) is 11.9 Å². The Kier molecular flexibility index (Phi) is 6.58. The van der Waals surface area contributed by atoms with E-state index in [1.807, 2.05) is 19.1 Å². The molecule has 0 aliphatic carbocycles. The SMILES string of the molecule is Cc1cc(Cl)ccc1NC(=O)c1ccc(NCCCN(C)C)cn1. The van der Waals surface area contributed by atoms with Crippen molar-refractivity contribution in [2.24, 2.45) is 0 Å². The molecule has 2 N–H and O–H groups in total. The first-order valence-corrected chi connectivity index (χ1v) is 8.25. The van der Waals surface area contributed by atoms with Crippen LogP contribution in [0.4, 0.5) is 11.4 Å². The highest BCUT2D eigenvalue weighted by molar-refractivity contribution is 6.30. The molecule has 0 aliphatic rings. The fraction of sp³-hybridized carbons (Fsp3) is 0.333. The summed E-state index contributed by atoms with van der Waals surface area (Å²) in [6.45, 7) is 3.80. The number of aromatic nitrogens is 1. The lowest BCUT2D eigenvalue weighted by atomic mass is 10.2. The Balaban J connectivity index is 1.91. The Hall–Kier alpha value is -2.11. The molecule has 6 heteroatoms. The van der Waals surface area contributed by atoms with Crippen LogP contribution in [0.1, 0.15) is 22.5 Å². The molecular weight excluding hydrogens is 324 g/mol. The first-order valence-electron chi connectivity index (χ1n) is 7.88. The van der Waals surface area contributed by atoms with Crippen LogP contribution < -0.4 is 10.6 Å². The molecule has 5 nitrogen and oxygen atoms in total. The van der Waals surface area contributed by atoms with Gasteiger partial charge in [-0.1, -0.05) is 11.6 Å². The summed E-state index contributed by atoms with van der Waals surface area (Å²) in [4.78, 5) is 18.6. The third-order valence-electron chi connectivity index (χ3n) is 3.54. The van der Waals surface area contributed by atoms with Crippen molar-refractivity contribution in [1.29, 1.82) is 0 Å². The zero-order chi connectivity index (χ0) is 17.5. The maximum Gasteiger partial charge on any atom is 0.274 e. The van der Waals surface area contributed by atoms with E-state index in [0.29, 0.717) is 10.7 Å². The highest BCUT2D eigenvalue weighted by atomic mass is 35.5. The molecule has 2 rings (SSSR count). The van der Waals surface area contributed by atoms with E-state index in [0.717, 1.165) is 36.4 Å². The van der Waals surface area contributed by atoms with Gasteiger partial charge < -0.3 is 15.5 Å². The van der Waals surface area contributed by atoms with Crippen LogP contribution in [0, 0.1) is 6.92 Å². The Labute approximate surface area is 148 Å². The van der Waals surface area contributed by atoms with E-state index in [4.69, 9.17) is 11.6 Å². The summed E-state index contributed by atoms with van der Waals surface area (Å²) in [7, 11) is 4.11. The quantitative estimate of drug-likeness (QED) is 0.751. The number of benzene rings is 1. The van der Waals surface area contributed by atoms with E-state index in [1.165, 1.54) is 0 Å². The van der Waals surface area contributed by atoms with Gasteiger partial charge in [0.2, 0.25) is 0 Å². The van der Waals surface area contributed by atoms with Crippen LogP contribution >= 0.6 is 11.6 Å². The first kappa shape index (κ1) is 18.2. The third kappa shape index (κ3) is 5.51. The van der Waals surface area contributed by atoms with Crippen molar-refractivity contribution in [3.63, 3.8) is 0 Å². The molecule has 0 radical (unpaired) electrons. The van der Waals surface area contributed by atoms with E-state index in [2.05, 4.69) is 34.6 Å². The number of aryl methyl sites for hydroxylation is 1. The van der Waals surface area contributed by atoms with E-state index in [9.17, 15) is 4.79 Å². The van der Waals surface area contributed by atoms with Crippen molar-refractivity contribution in [3.05, 3.63) is 52.8 Å². The summed E-state index contributed by atoms with van der Waals surface area (Å²) in [5, 5.41) is 6.79. The number of hydrogen-bond donors (Lipinski definition) is 2. The lowest BCUT2D eigenvalue weighted by Crippen LogP contribution is -2.17. The van der Waals surface area contributed by atoms with Gasteiger partial charge in [-0.05, 0) is 69.9 Å². The van der Waals surface area contributed by atoms with Crippen molar-refractivity contribution < 1.29 is 4.79 Å². The normalized spacial score (nSPS) is 10.7. The number of carbonyl (C=O) groups excluding carboxylic acids is 1. The van der Waals surface area contributed by atoms with Crippen molar-refractivity contribution in [2.45, 2.75) is 13.3 Å². The van der Waals surface area contributed by atoms with Gasteiger partial charge in [-0.25, -0.2) is 4.98 Å². The van der Waals surface area contributed by atoms with Gasteiger partial charge in [0.15, 0.2) is 0 Å². The van der Waals surface area contributed by atoms with Gasteiger partial charge in [-0.15, -0.1) is 0 Å². The van der Waals surface area contributed by atoms with Crippen molar-refractivity contribution >= 4 is 28.9 Å². The fourth-order valence-electron chi connectivity index (χ4n) is 2.21. The van der Waals surface area contributed by atoms with E-state index >= 15 is 0 Å². The predicted octanol–water partition coefficient (Wildman–Crippen LogP) is 3.66. The van der Waals surface area contributed by atoms with Crippen LogP contribution in [0.25, 0.3) is 0 Å². The molecule has 0 unspecified atom stereocenters. The molecule has 1 aromatic carbocycles. The van der Waals surface area contributed by atoms with Crippen LogP contribution in [0.2, 0.25) is 5.02 Å². The van der Waals surface area contributed by atoms with Crippen LogP contribution in [0.5, 0.6) is 0 Å². The zero-order valence-corrected chi connectivity index (χ0v) is 15.0. The third-order valence-corrected chi connectivity index (χ3v) is 3.78. The number of amides is 1. The van der Waals surface area contributed by atoms with Crippen LogP contribution in [-0.2, 0) is 0 Å². The van der Waals surface area contributed by atoms with Crippen LogP contribution in [0.3, 0.4) is 0 Å². The molecule has 1 aromatic heterocycles. The minimum Gasteiger partial charge on any atom is -0.384 e. The molecular formula is C18H23ClN4O. The number of nitrogens with one attached hydrogen (secondary N) is 2. The number of carbonyl (C=O) groups is 1. The van der Waals surface area contributed by atoms with Crippen molar-refractivity contribution in [2.75, 3.05) is 37.8 Å². The molecule has 0 bridgehead atoms. The number of anilines is 2.